The lowest BCUT2D eigenvalue weighted by Gasteiger charge is -2.19. The summed E-state index contributed by atoms with van der Waals surface area (Å²) in [4.78, 5) is 25.3. The van der Waals surface area contributed by atoms with Crippen LogP contribution in [-0.2, 0) is 4.74 Å². The number of carbonyl (C=O) groups is 2. The van der Waals surface area contributed by atoms with Gasteiger partial charge in [-0.15, -0.1) is 0 Å². The highest BCUT2D eigenvalue weighted by Gasteiger charge is 2.15. The standard InChI is InChI=1S/C19H20N2O4/c1-4-12-24-18(22)20-15-9-7-10-16(13-15)25-19(23)21(3)17-11-6-5-8-14(17)2/h4-11,13H,1,12H2,2-3H3,(H,20,22). The fourth-order valence-electron chi connectivity index (χ4n) is 2.13. The number of benzene rings is 2. The zero-order valence-corrected chi connectivity index (χ0v) is 14.2. The average molecular weight is 340 g/mol. The Labute approximate surface area is 146 Å². The number of para-hydroxylation sites is 1. The van der Waals surface area contributed by atoms with Gasteiger partial charge in [-0.2, -0.15) is 0 Å². The summed E-state index contributed by atoms with van der Waals surface area (Å²) in [6.07, 6.45) is 0.334. The van der Waals surface area contributed by atoms with Crippen LogP contribution in [0.15, 0.2) is 61.2 Å². The van der Waals surface area contributed by atoms with Crippen molar-refractivity contribution in [2.75, 3.05) is 23.9 Å². The fourth-order valence-corrected chi connectivity index (χ4v) is 2.13. The van der Waals surface area contributed by atoms with Crippen molar-refractivity contribution in [2.45, 2.75) is 6.92 Å². The van der Waals surface area contributed by atoms with Crippen LogP contribution in [0, 0.1) is 6.92 Å². The van der Waals surface area contributed by atoms with Gasteiger partial charge in [0.1, 0.15) is 12.4 Å². The predicted octanol–water partition coefficient (Wildman–Crippen LogP) is 4.36. The number of ether oxygens (including phenoxy) is 2. The number of hydrogen-bond donors (Lipinski definition) is 1. The third-order valence-corrected chi connectivity index (χ3v) is 3.37. The van der Waals surface area contributed by atoms with E-state index in [0.29, 0.717) is 11.4 Å². The minimum Gasteiger partial charge on any atom is -0.445 e. The number of rotatable bonds is 5. The van der Waals surface area contributed by atoms with Crippen molar-refractivity contribution in [1.29, 1.82) is 0 Å². The average Bonchev–Trinajstić information content (AvgIpc) is 2.60. The first-order chi connectivity index (χ1) is 12.0. The van der Waals surface area contributed by atoms with E-state index in [4.69, 9.17) is 9.47 Å². The van der Waals surface area contributed by atoms with Gasteiger partial charge in [0.2, 0.25) is 0 Å². The number of carbonyl (C=O) groups excluding carboxylic acids is 2. The van der Waals surface area contributed by atoms with Crippen LogP contribution in [0.2, 0.25) is 0 Å². The van der Waals surface area contributed by atoms with Crippen molar-refractivity contribution in [1.82, 2.24) is 0 Å². The summed E-state index contributed by atoms with van der Waals surface area (Å²) < 4.78 is 10.2. The lowest BCUT2D eigenvalue weighted by molar-refractivity contribution is 0.174. The van der Waals surface area contributed by atoms with E-state index in [2.05, 4.69) is 11.9 Å². The summed E-state index contributed by atoms with van der Waals surface area (Å²) in [5, 5.41) is 2.55. The van der Waals surface area contributed by atoms with Crippen molar-refractivity contribution in [3.63, 3.8) is 0 Å². The Morgan fingerprint density at radius 1 is 1.20 bits per heavy atom. The van der Waals surface area contributed by atoms with Crippen LogP contribution >= 0.6 is 0 Å². The van der Waals surface area contributed by atoms with Gasteiger partial charge in [-0.1, -0.05) is 36.9 Å². The molecule has 0 fully saturated rings. The van der Waals surface area contributed by atoms with Crippen molar-refractivity contribution < 1.29 is 19.1 Å². The Balaban J connectivity index is 2.03. The number of nitrogens with one attached hydrogen (secondary N) is 1. The van der Waals surface area contributed by atoms with Crippen LogP contribution in [0.4, 0.5) is 21.0 Å². The molecule has 0 aliphatic rings. The maximum absolute atomic E-state index is 12.3. The lowest BCUT2D eigenvalue weighted by atomic mass is 10.2. The molecule has 0 heterocycles. The molecule has 6 nitrogen and oxygen atoms in total. The second-order valence-corrected chi connectivity index (χ2v) is 5.25. The minimum absolute atomic E-state index is 0.113. The predicted molar refractivity (Wildman–Crippen MR) is 97.2 cm³/mol. The van der Waals surface area contributed by atoms with Crippen LogP contribution in [0.25, 0.3) is 0 Å². The summed E-state index contributed by atoms with van der Waals surface area (Å²) in [5.41, 5.74) is 2.18. The van der Waals surface area contributed by atoms with Crippen LogP contribution in [-0.4, -0.2) is 25.8 Å². The molecule has 0 bridgehead atoms. The molecule has 0 unspecified atom stereocenters. The van der Waals surface area contributed by atoms with Crippen molar-refractivity contribution in [2.24, 2.45) is 0 Å². The second kappa shape index (κ2) is 8.54. The quantitative estimate of drug-likeness (QED) is 0.821. The van der Waals surface area contributed by atoms with Crippen molar-refractivity contribution in [3.8, 4) is 5.75 Å². The molecule has 0 aliphatic carbocycles. The van der Waals surface area contributed by atoms with Gasteiger partial charge in [0.05, 0.1) is 0 Å². The van der Waals surface area contributed by atoms with E-state index in [-0.39, 0.29) is 6.61 Å². The van der Waals surface area contributed by atoms with E-state index in [0.717, 1.165) is 11.3 Å². The summed E-state index contributed by atoms with van der Waals surface area (Å²) >= 11 is 0. The highest BCUT2D eigenvalue weighted by atomic mass is 16.6. The van der Waals surface area contributed by atoms with Gasteiger partial charge >= 0.3 is 12.2 Å². The number of nitrogens with zero attached hydrogens (tertiary/aromatic N) is 1. The molecule has 0 aromatic heterocycles. The molecule has 2 rings (SSSR count). The first-order valence-corrected chi connectivity index (χ1v) is 7.67. The second-order valence-electron chi connectivity index (χ2n) is 5.25. The van der Waals surface area contributed by atoms with Gasteiger partial charge in [-0.25, -0.2) is 9.59 Å². The molecule has 130 valence electrons. The summed E-state index contributed by atoms with van der Waals surface area (Å²) in [6.45, 7) is 5.49. The maximum atomic E-state index is 12.3. The molecule has 0 saturated carbocycles. The largest absolute Gasteiger partial charge is 0.445 e. The van der Waals surface area contributed by atoms with Gasteiger partial charge in [0.15, 0.2) is 0 Å². The Morgan fingerprint density at radius 2 is 1.96 bits per heavy atom. The monoisotopic (exact) mass is 340 g/mol. The Hall–Kier alpha value is -3.28. The molecular formula is C19H20N2O4. The third kappa shape index (κ3) is 5.10. The molecule has 0 aliphatic heterocycles. The number of amides is 2. The molecule has 0 radical (unpaired) electrons. The zero-order chi connectivity index (χ0) is 18.2. The van der Waals surface area contributed by atoms with Gasteiger partial charge in [-0.05, 0) is 30.7 Å². The van der Waals surface area contributed by atoms with Gasteiger partial charge < -0.3 is 9.47 Å². The SMILES string of the molecule is C=CCOC(=O)Nc1cccc(OC(=O)N(C)c2ccccc2C)c1. The highest BCUT2D eigenvalue weighted by molar-refractivity contribution is 5.90. The molecule has 25 heavy (non-hydrogen) atoms. The van der Waals surface area contributed by atoms with E-state index in [1.165, 1.54) is 11.0 Å². The Kier molecular flexibility index (Phi) is 6.17. The number of hydrogen-bond acceptors (Lipinski definition) is 4. The molecule has 2 amide bonds. The van der Waals surface area contributed by atoms with Gasteiger partial charge in [0, 0.05) is 24.5 Å². The fraction of sp³-hybridized carbons (Fsp3) is 0.158. The molecule has 0 atom stereocenters. The first kappa shape index (κ1) is 18.1. The maximum Gasteiger partial charge on any atom is 0.419 e. The molecule has 6 heteroatoms. The molecule has 0 spiro atoms. The Morgan fingerprint density at radius 3 is 2.68 bits per heavy atom. The van der Waals surface area contributed by atoms with Crippen LogP contribution in [0.5, 0.6) is 5.75 Å². The minimum atomic E-state index is -0.611. The van der Waals surface area contributed by atoms with E-state index in [1.54, 1.807) is 31.3 Å². The van der Waals surface area contributed by atoms with Gasteiger partial charge in [-0.3, -0.25) is 10.2 Å². The third-order valence-electron chi connectivity index (χ3n) is 3.37. The summed E-state index contributed by atoms with van der Waals surface area (Å²) in [6, 6.07) is 14.0. The topological polar surface area (TPSA) is 67.9 Å². The highest BCUT2D eigenvalue weighted by Crippen LogP contribution is 2.22. The smallest absolute Gasteiger partial charge is 0.419 e. The Bertz CT molecular complexity index is 774. The van der Waals surface area contributed by atoms with E-state index < -0.39 is 12.2 Å². The van der Waals surface area contributed by atoms with Gasteiger partial charge in [0.25, 0.3) is 0 Å². The molecular weight excluding hydrogens is 320 g/mol. The molecule has 2 aromatic rings. The zero-order valence-electron chi connectivity index (χ0n) is 14.2. The van der Waals surface area contributed by atoms with Crippen molar-refractivity contribution >= 4 is 23.6 Å². The molecule has 1 N–H and O–H groups in total. The number of aryl methyl sites for hydroxylation is 1. The van der Waals surface area contributed by atoms with Crippen LogP contribution < -0.4 is 15.0 Å². The van der Waals surface area contributed by atoms with E-state index >= 15 is 0 Å². The van der Waals surface area contributed by atoms with Crippen LogP contribution in [0.3, 0.4) is 0 Å². The molecule has 0 saturated heterocycles. The van der Waals surface area contributed by atoms with Crippen LogP contribution in [0.1, 0.15) is 5.56 Å². The first-order valence-electron chi connectivity index (χ1n) is 7.67. The van der Waals surface area contributed by atoms with E-state index in [1.807, 2.05) is 31.2 Å². The lowest BCUT2D eigenvalue weighted by Crippen LogP contribution is -2.30. The summed E-state index contributed by atoms with van der Waals surface area (Å²) in [5.74, 6) is 0.312. The molecule has 2 aromatic carbocycles. The van der Waals surface area contributed by atoms with Crippen molar-refractivity contribution in [3.05, 3.63) is 66.7 Å². The number of anilines is 2. The van der Waals surface area contributed by atoms with E-state index in [9.17, 15) is 9.59 Å². The summed E-state index contributed by atoms with van der Waals surface area (Å²) in [7, 11) is 1.64. The normalized spacial score (nSPS) is 9.84.